The molecule has 0 aromatic carbocycles. The van der Waals surface area contributed by atoms with Crippen LogP contribution in [0.25, 0.3) is 0 Å². The minimum Gasteiger partial charge on any atom is -0.334 e. The Labute approximate surface area is 134 Å². The zero-order valence-electron chi connectivity index (χ0n) is 12.7. The van der Waals surface area contributed by atoms with Crippen LogP contribution in [0.5, 0.6) is 0 Å². The number of likely N-dealkylation sites (tertiary alicyclic amines) is 2. The van der Waals surface area contributed by atoms with E-state index >= 15 is 0 Å². The van der Waals surface area contributed by atoms with Crippen molar-refractivity contribution in [1.29, 1.82) is 0 Å². The Morgan fingerprint density at radius 3 is 2.95 bits per heavy atom. The minimum absolute atomic E-state index is 0.138. The lowest BCUT2D eigenvalue weighted by Gasteiger charge is -2.25. The Morgan fingerprint density at radius 2 is 2.23 bits per heavy atom. The van der Waals surface area contributed by atoms with Gasteiger partial charge >= 0.3 is 0 Å². The zero-order valence-corrected chi connectivity index (χ0v) is 13.5. The SMILES string of the molecule is Cn1cc(C(=O)N2CC[C@@H]3[C@H]2CCN3Cc2cccs2)cn1. The Hall–Kier alpha value is -1.66. The van der Waals surface area contributed by atoms with Gasteiger partial charge in [-0.15, -0.1) is 11.3 Å². The molecule has 4 rings (SSSR count). The number of rotatable bonds is 3. The summed E-state index contributed by atoms with van der Waals surface area (Å²) in [6, 6.07) is 5.20. The number of hydrogen-bond acceptors (Lipinski definition) is 4. The lowest BCUT2D eigenvalue weighted by Crippen LogP contribution is -2.39. The Morgan fingerprint density at radius 1 is 1.36 bits per heavy atom. The number of fused-ring (bicyclic) bond motifs is 1. The maximum atomic E-state index is 12.7. The normalized spacial score (nSPS) is 24.9. The van der Waals surface area contributed by atoms with Crippen LogP contribution in [0, 0.1) is 0 Å². The first-order valence-corrected chi connectivity index (χ1v) is 8.66. The first-order valence-electron chi connectivity index (χ1n) is 7.78. The quantitative estimate of drug-likeness (QED) is 0.869. The fourth-order valence-electron chi connectivity index (χ4n) is 3.82. The second-order valence-corrected chi connectivity index (χ2v) is 7.20. The van der Waals surface area contributed by atoms with E-state index in [1.807, 2.05) is 24.6 Å². The number of aromatic nitrogens is 2. The zero-order chi connectivity index (χ0) is 15.1. The van der Waals surface area contributed by atoms with Gasteiger partial charge in [-0.2, -0.15) is 5.10 Å². The van der Waals surface area contributed by atoms with Crippen LogP contribution in [0.15, 0.2) is 29.9 Å². The highest BCUT2D eigenvalue weighted by Gasteiger charge is 2.44. The summed E-state index contributed by atoms with van der Waals surface area (Å²) in [5.41, 5.74) is 0.708. The third-order valence-electron chi connectivity index (χ3n) is 4.84. The summed E-state index contributed by atoms with van der Waals surface area (Å²) in [5.74, 6) is 0.138. The van der Waals surface area contributed by atoms with Crippen molar-refractivity contribution < 1.29 is 4.79 Å². The van der Waals surface area contributed by atoms with Gasteiger partial charge in [-0.25, -0.2) is 0 Å². The molecule has 0 aliphatic carbocycles. The molecule has 2 atom stereocenters. The maximum Gasteiger partial charge on any atom is 0.257 e. The van der Waals surface area contributed by atoms with E-state index in [4.69, 9.17) is 0 Å². The number of thiophene rings is 1. The molecule has 5 nitrogen and oxygen atoms in total. The molecule has 2 aromatic rings. The van der Waals surface area contributed by atoms with Crippen molar-refractivity contribution in [2.45, 2.75) is 31.5 Å². The van der Waals surface area contributed by atoms with Gasteiger partial charge in [0.1, 0.15) is 0 Å². The molecule has 116 valence electrons. The van der Waals surface area contributed by atoms with Gasteiger partial charge in [0.2, 0.25) is 0 Å². The number of aryl methyl sites for hydroxylation is 1. The molecule has 1 amide bonds. The first kappa shape index (κ1) is 14.0. The third-order valence-corrected chi connectivity index (χ3v) is 5.70. The van der Waals surface area contributed by atoms with E-state index in [0.717, 1.165) is 32.5 Å². The summed E-state index contributed by atoms with van der Waals surface area (Å²) in [7, 11) is 1.85. The van der Waals surface area contributed by atoms with Crippen molar-refractivity contribution >= 4 is 17.2 Å². The first-order chi connectivity index (χ1) is 10.7. The van der Waals surface area contributed by atoms with E-state index in [1.165, 1.54) is 4.88 Å². The number of nitrogens with zero attached hydrogens (tertiary/aromatic N) is 4. The lowest BCUT2D eigenvalue weighted by atomic mass is 10.1. The van der Waals surface area contributed by atoms with Crippen molar-refractivity contribution in [3.63, 3.8) is 0 Å². The Kier molecular flexibility index (Phi) is 3.50. The van der Waals surface area contributed by atoms with Crippen molar-refractivity contribution in [2.24, 2.45) is 7.05 Å². The van der Waals surface area contributed by atoms with Crippen LogP contribution in [-0.4, -0.2) is 50.7 Å². The van der Waals surface area contributed by atoms with Crippen molar-refractivity contribution in [1.82, 2.24) is 19.6 Å². The molecule has 22 heavy (non-hydrogen) atoms. The molecule has 2 aromatic heterocycles. The number of hydrogen-bond donors (Lipinski definition) is 0. The van der Waals surface area contributed by atoms with Gasteiger partial charge in [-0.05, 0) is 24.3 Å². The van der Waals surface area contributed by atoms with Gasteiger partial charge in [-0.1, -0.05) is 6.07 Å². The largest absolute Gasteiger partial charge is 0.334 e. The summed E-state index contributed by atoms with van der Waals surface area (Å²) in [5, 5.41) is 6.25. The predicted octanol–water partition coefficient (Wildman–Crippen LogP) is 1.97. The van der Waals surface area contributed by atoms with Gasteiger partial charge < -0.3 is 4.90 Å². The van der Waals surface area contributed by atoms with Crippen molar-refractivity contribution in [2.75, 3.05) is 13.1 Å². The molecule has 6 heteroatoms. The average molecular weight is 316 g/mol. The summed E-state index contributed by atoms with van der Waals surface area (Å²) >= 11 is 1.82. The van der Waals surface area contributed by atoms with Gasteiger partial charge in [0.05, 0.1) is 11.8 Å². The average Bonchev–Trinajstić information content (AvgIpc) is 3.24. The highest BCUT2D eigenvalue weighted by atomic mass is 32.1. The van der Waals surface area contributed by atoms with E-state index in [-0.39, 0.29) is 5.91 Å². The predicted molar refractivity (Wildman–Crippen MR) is 85.8 cm³/mol. The highest BCUT2D eigenvalue weighted by molar-refractivity contribution is 7.09. The standard InChI is InChI=1S/C16H20N4OS/c1-18-10-12(9-17-18)16(21)20-7-5-14-15(20)4-6-19(14)11-13-3-2-8-22-13/h2-3,8-10,14-15H,4-7,11H2,1H3/t14-,15-/m1/s1. The van der Waals surface area contributed by atoms with E-state index < -0.39 is 0 Å². The van der Waals surface area contributed by atoms with Gasteiger partial charge in [0, 0.05) is 49.8 Å². The van der Waals surface area contributed by atoms with Gasteiger partial charge in [0.15, 0.2) is 0 Å². The molecule has 0 N–H and O–H groups in total. The highest BCUT2D eigenvalue weighted by Crippen LogP contribution is 2.34. The number of carbonyl (C=O) groups is 1. The molecule has 0 spiro atoms. The van der Waals surface area contributed by atoms with Crippen LogP contribution in [0.1, 0.15) is 28.1 Å². The second-order valence-electron chi connectivity index (χ2n) is 6.16. The fourth-order valence-corrected chi connectivity index (χ4v) is 4.55. The van der Waals surface area contributed by atoms with Gasteiger partial charge in [-0.3, -0.25) is 14.4 Å². The van der Waals surface area contributed by atoms with E-state index in [9.17, 15) is 4.79 Å². The molecule has 4 heterocycles. The molecule has 2 saturated heterocycles. The molecular weight excluding hydrogens is 296 g/mol. The molecule has 0 saturated carbocycles. The lowest BCUT2D eigenvalue weighted by molar-refractivity contribution is 0.0732. The number of carbonyl (C=O) groups excluding carboxylic acids is 1. The van der Waals surface area contributed by atoms with Crippen LogP contribution < -0.4 is 0 Å². The molecule has 0 radical (unpaired) electrons. The minimum atomic E-state index is 0.138. The molecule has 0 bridgehead atoms. The van der Waals surface area contributed by atoms with Crippen LogP contribution in [-0.2, 0) is 13.6 Å². The van der Waals surface area contributed by atoms with Crippen LogP contribution >= 0.6 is 11.3 Å². The van der Waals surface area contributed by atoms with E-state index in [1.54, 1.807) is 10.9 Å². The molecule has 2 aliphatic heterocycles. The van der Waals surface area contributed by atoms with Crippen molar-refractivity contribution in [3.8, 4) is 0 Å². The second kappa shape index (κ2) is 5.52. The van der Waals surface area contributed by atoms with Crippen LogP contribution in [0.3, 0.4) is 0 Å². The summed E-state index contributed by atoms with van der Waals surface area (Å²) < 4.78 is 1.69. The maximum absolute atomic E-state index is 12.7. The summed E-state index contributed by atoms with van der Waals surface area (Å²) in [6.07, 6.45) is 5.66. The molecular formula is C16H20N4OS. The van der Waals surface area contributed by atoms with Crippen molar-refractivity contribution in [3.05, 3.63) is 40.3 Å². The summed E-state index contributed by atoms with van der Waals surface area (Å²) in [4.78, 5) is 18.7. The summed E-state index contributed by atoms with van der Waals surface area (Å²) in [6.45, 7) is 2.97. The smallest absolute Gasteiger partial charge is 0.257 e. The van der Waals surface area contributed by atoms with Crippen LogP contribution in [0.4, 0.5) is 0 Å². The van der Waals surface area contributed by atoms with Gasteiger partial charge in [0.25, 0.3) is 5.91 Å². The van der Waals surface area contributed by atoms with Crippen LogP contribution in [0.2, 0.25) is 0 Å². The molecule has 2 aliphatic rings. The Balaban J connectivity index is 1.47. The van der Waals surface area contributed by atoms with E-state index in [2.05, 4.69) is 32.4 Å². The fraction of sp³-hybridized carbons (Fsp3) is 0.500. The van der Waals surface area contributed by atoms with E-state index in [0.29, 0.717) is 17.6 Å². The molecule has 0 unspecified atom stereocenters. The topological polar surface area (TPSA) is 41.4 Å². The molecule has 2 fully saturated rings. The monoisotopic (exact) mass is 316 g/mol. The third kappa shape index (κ3) is 2.36. The Bertz CT molecular complexity index is 666. The number of amides is 1.